The van der Waals surface area contributed by atoms with Crippen LogP contribution in [0.5, 0.6) is 0 Å². The fourth-order valence-electron chi connectivity index (χ4n) is 0.188. The van der Waals surface area contributed by atoms with Gasteiger partial charge in [0.2, 0.25) is 0 Å². The Kier molecular flexibility index (Phi) is 1.25. The lowest BCUT2D eigenvalue weighted by Gasteiger charge is -1.90. The molecule has 3 nitrogen and oxygen atoms in total. The molecule has 1 rings (SSSR count). The Morgan fingerprint density at radius 2 is 2.67 bits per heavy atom. The standard InChI is InChI=1S/CH4N2OP2/c4-1-3-5-2-6-3/h4-5H,1H2/p+1. The molecule has 0 aliphatic heterocycles. The highest BCUT2D eigenvalue weighted by atomic mass is 31.1. The molecule has 6 heavy (non-hydrogen) atoms. The first-order valence-corrected chi connectivity index (χ1v) is 3.32. The summed E-state index contributed by atoms with van der Waals surface area (Å²) in [6.45, 7) is 0.188. The van der Waals surface area contributed by atoms with E-state index in [0.29, 0.717) is 8.51 Å². The normalized spacial score (nSPS) is 12.2. The molecule has 0 aliphatic rings. The first-order valence-electron chi connectivity index (χ1n) is 1.53. The predicted octanol–water partition coefficient (Wildman–Crippen LogP) is -0.137. The third kappa shape index (κ3) is 0.624. The molecular formula is CH5N2OP2+. The molecular weight excluding hydrogens is 118 g/mol. The first-order chi connectivity index (χ1) is 2.93. The zero-order valence-electron chi connectivity index (χ0n) is 3.05. The van der Waals surface area contributed by atoms with Crippen LogP contribution in [-0.4, -0.2) is 9.62 Å². The van der Waals surface area contributed by atoms with Gasteiger partial charge >= 0.3 is 0 Å². The van der Waals surface area contributed by atoms with E-state index in [1.807, 2.05) is 4.09 Å². The largest absolute Gasteiger partial charge is 0.363 e. The van der Waals surface area contributed by atoms with E-state index in [4.69, 9.17) is 5.11 Å². The van der Waals surface area contributed by atoms with E-state index >= 15 is 0 Å². The minimum atomic E-state index is 0.188. The Balaban J connectivity index is 2.51. The minimum absolute atomic E-state index is 0.188. The van der Waals surface area contributed by atoms with Crippen molar-refractivity contribution in [1.82, 2.24) is 4.51 Å². The second-order valence-electron chi connectivity index (χ2n) is 0.865. The van der Waals surface area contributed by atoms with Crippen LogP contribution >= 0.6 is 17.0 Å². The summed E-state index contributed by atoms with van der Waals surface area (Å²) in [6, 6.07) is 0. The predicted molar refractivity (Wildman–Crippen MR) is 25.2 cm³/mol. The van der Waals surface area contributed by atoms with E-state index in [1.165, 1.54) is 0 Å². The minimum Gasteiger partial charge on any atom is -0.363 e. The Morgan fingerprint density at radius 1 is 2.00 bits per heavy atom. The van der Waals surface area contributed by atoms with Crippen LogP contribution in [0.2, 0.25) is 0 Å². The topological polar surface area (TPSA) is 39.9 Å². The third-order valence-electron chi connectivity index (χ3n) is 0.484. The molecule has 1 unspecified atom stereocenters. The summed E-state index contributed by atoms with van der Waals surface area (Å²) in [5.74, 6) is 0. The van der Waals surface area contributed by atoms with Gasteiger partial charge in [-0.05, 0) is 0 Å². The van der Waals surface area contributed by atoms with Crippen LogP contribution in [0.4, 0.5) is 0 Å². The van der Waals surface area contributed by atoms with Crippen molar-refractivity contribution in [2.75, 3.05) is 0 Å². The van der Waals surface area contributed by atoms with Crippen LogP contribution in [0.15, 0.2) is 0 Å². The smallest absolute Gasteiger partial charge is 0.275 e. The van der Waals surface area contributed by atoms with Crippen LogP contribution in [-0.2, 0) is 6.73 Å². The van der Waals surface area contributed by atoms with Gasteiger partial charge in [-0.2, -0.15) is 4.09 Å². The molecule has 5 heteroatoms. The van der Waals surface area contributed by atoms with Crippen molar-refractivity contribution >= 4 is 17.0 Å². The van der Waals surface area contributed by atoms with Gasteiger partial charge in [-0.1, -0.05) is 0 Å². The Labute approximate surface area is 38.4 Å². The molecule has 0 saturated heterocycles. The monoisotopic (exact) mass is 123 g/mol. The molecule has 1 aromatic rings. The lowest BCUT2D eigenvalue weighted by Crippen LogP contribution is -2.26. The lowest BCUT2D eigenvalue weighted by molar-refractivity contribution is -0.606. The van der Waals surface area contributed by atoms with Gasteiger partial charge in [-0.3, -0.25) is 0 Å². The van der Waals surface area contributed by atoms with Gasteiger partial charge in [0, 0.05) is 0 Å². The molecule has 1 atom stereocenters. The number of aliphatic hydroxyl groups is 1. The highest BCUT2D eigenvalue weighted by molar-refractivity contribution is 7.37. The number of nitrogens with one attached hydrogen (secondary N) is 1. The molecule has 1 aromatic heterocycles. The molecule has 0 bridgehead atoms. The van der Waals surface area contributed by atoms with Crippen LogP contribution in [0.1, 0.15) is 0 Å². The Bertz CT molecular complexity index is 104. The van der Waals surface area contributed by atoms with Gasteiger partial charge in [0.25, 0.3) is 8.51 Å². The zero-order chi connectivity index (χ0) is 4.41. The average molecular weight is 123 g/mol. The van der Waals surface area contributed by atoms with Gasteiger partial charge in [-0.25, -0.2) is 4.51 Å². The second-order valence-corrected chi connectivity index (χ2v) is 3.58. The molecule has 0 saturated carbocycles. The van der Waals surface area contributed by atoms with Crippen molar-refractivity contribution in [2.45, 2.75) is 6.73 Å². The van der Waals surface area contributed by atoms with Gasteiger partial charge in [0.15, 0.2) is 6.73 Å². The number of nitrogens with zero attached hydrogens (tertiary/aromatic N) is 1. The summed E-state index contributed by atoms with van der Waals surface area (Å²) in [6.07, 6.45) is 0. The summed E-state index contributed by atoms with van der Waals surface area (Å²) in [5, 5.41) is 8.27. The van der Waals surface area contributed by atoms with E-state index in [-0.39, 0.29) is 6.73 Å². The van der Waals surface area contributed by atoms with Crippen LogP contribution in [0.25, 0.3) is 0 Å². The number of rotatable bonds is 1. The molecule has 0 fully saturated rings. The van der Waals surface area contributed by atoms with Crippen molar-refractivity contribution in [1.29, 1.82) is 0 Å². The van der Waals surface area contributed by atoms with E-state index in [9.17, 15) is 0 Å². The van der Waals surface area contributed by atoms with Crippen LogP contribution in [0, 0.1) is 0 Å². The Hall–Kier alpha value is 0.160. The van der Waals surface area contributed by atoms with Gasteiger partial charge in [0.05, 0.1) is 0 Å². The maximum absolute atomic E-state index is 8.27. The fourth-order valence-corrected chi connectivity index (χ4v) is 1.29. The number of hydrogen-bond acceptors (Lipinski definition) is 1. The van der Waals surface area contributed by atoms with Crippen molar-refractivity contribution in [3.8, 4) is 0 Å². The van der Waals surface area contributed by atoms with Gasteiger partial charge < -0.3 is 5.11 Å². The van der Waals surface area contributed by atoms with E-state index < -0.39 is 0 Å². The van der Waals surface area contributed by atoms with Crippen LogP contribution < -0.4 is 4.09 Å². The summed E-state index contributed by atoms with van der Waals surface area (Å²) in [4.78, 5) is 0. The molecule has 0 radical (unpaired) electrons. The van der Waals surface area contributed by atoms with Crippen LogP contribution in [0.3, 0.4) is 0 Å². The fraction of sp³-hybridized carbons (Fsp3) is 1.00. The summed E-state index contributed by atoms with van der Waals surface area (Å²) in [7, 11) is 1.69. The third-order valence-corrected chi connectivity index (χ3v) is 2.65. The summed E-state index contributed by atoms with van der Waals surface area (Å²) < 4.78 is 4.85. The molecule has 0 aliphatic carbocycles. The zero-order valence-corrected chi connectivity index (χ0v) is 4.94. The van der Waals surface area contributed by atoms with E-state index in [0.717, 1.165) is 8.51 Å². The first kappa shape index (κ1) is 4.32. The summed E-state index contributed by atoms with van der Waals surface area (Å²) >= 11 is 0. The highest BCUT2D eigenvalue weighted by Gasteiger charge is 1.89. The van der Waals surface area contributed by atoms with E-state index in [1.54, 1.807) is 0 Å². The molecule has 34 valence electrons. The molecule has 2 N–H and O–H groups in total. The summed E-state index contributed by atoms with van der Waals surface area (Å²) in [5.41, 5.74) is 0. The number of aromatic amines is 1. The van der Waals surface area contributed by atoms with Crippen molar-refractivity contribution in [3.05, 3.63) is 0 Å². The van der Waals surface area contributed by atoms with Crippen molar-refractivity contribution < 1.29 is 9.20 Å². The molecule has 0 amide bonds. The SMILES string of the molecule is OC[n+]1p[nH][pH]1. The van der Waals surface area contributed by atoms with Crippen molar-refractivity contribution in [2.24, 2.45) is 0 Å². The maximum Gasteiger partial charge on any atom is 0.275 e. The lowest BCUT2D eigenvalue weighted by atomic mass is 11.4. The van der Waals surface area contributed by atoms with E-state index in [2.05, 4.69) is 4.51 Å². The molecule has 0 spiro atoms. The number of aromatic nitrogens is 2. The quantitative estimate of drug-likeness (QED) is 0.536. The van der Waals surface area contributed by atoms with Gasteiger partial charge in [-0.15, -0.1) is 0 Å². The second kappa shape index (κ2) is 1.74. The molecule has 0 aromatic carbocycles. The highest BCUT2D eigenvalue weighted by Crippen LogP contribution is 1.98. The van der Waals surface area contributed by atoms with Crippen molar-refractivity contribution in [3.63, 3.8) is 0 Å². The van der Waals surface area contributed by atoms with Gasteiger partial charge in [0.1, 0.15) is 8.51 Å². The number of aliphatic hydroxyl groups excluding tert-OH is 1. The molecule has 1 heterocycles. The number of H-pyrrole nitrogens is 1. The Morgan fingerprint density at radius 3 is 2.67 bits per heavy atom. The number of hydrogen-bond donors (Lipinski definition) is 2. The maximum atomic E-state index is 8.27. The average Bonchev–Trinajstić information content (AvgIpc) is 1.31.